The second-order valence-corrected chi connectivity index (χ2v) is 8.34. The van der Waals surface area contributed by atoms with E-state index in [2.05, 4.69) is 11.4 Å². The van der Waals surface area contributed by atoms with E-state index in [1.807, 2.05) is 31.2 Å². The Morgan fingerprint density at radius 2 is 1.61 bits per heavy atom. The minimum atomic E-state index is -3.79. The van der Waals surface area contributed by atoms with E-state index in [9.17, 15) is 8.42 Å². The number of hydrogen-bond acceptors (Lipinski definition) is 5. The number of hydrogen-bond donors (Lipinski definition) is 2. The Balaban J connectivity index is 1.90. The molecule has 3 aromatic carbocycles. The fraction of sp³-hybridized carbons (Fsp3) is 0.200. The molecule has 0 bridgehead atoms. The van der Waals surface area contributed by atoms with Gasteiger partial charge in [0.1, 0.15) is 0 Å². The van der Waals surface area contributed by atoms with Gasteiger partial charge in [-0.2, -0.15) is 0 Å². The number of ether oxygens (including phenoxy) is 2. The zero-order valence-corrected chi connectivity index (χ0v) is 17.3. The molecule has 28 heavy (non-hydrogen) atoms. The molecule has 0 aliphatic carbocycles. The number of rotatable bonds is 6. The van der Waals surface area contributed by atoms with Crippen molar-refractivity contribution in [2.45, 2.75) is 17.9 Å². The predicted octanol–water partition coefficient (Wildman–Crippen LogP) is 4.33. The van der Waals surface area contributed by atoms with Gasteiger partial charge < -0.3 is 14.8 Å². The van der Waals surface area contributed by atoms with Gasteiger partial charge in [0.15, 0.2) is 11.5 Å². The quantitative estimate of drug-likeness (QED) is 0.619. The molecule has 0 aliphatic rings. The molecule has 0 spiro atoms. The molecule has 0 amide bonds. The van der Waals surface area contributed by atoms with Gasteiger partial charge in [0.05, 0.1) is 29.8 Å². The van der Waals surface area contributed by atoms with E-state index in [1.54, 1.807) is 20.3 Å². The van der Waals surface area contributed by atoms with Gasteiger partial charge in [-0.15, -0.1) is 0 Å². The SMILES string of the molecule is COc1cc2ccc(C(C)Nc3ccc(S(N)(=O)=O)cc3Cl)cc2cc1OC. The fourth-order valence-corrected chi connectivity index (χ4v) is 3.81. The molecule has 0 saturated heterocycles. The second kappa shape index (κ2) is 7.87. The molecule has 0 radical (unpaired) electrons. The predicted molar refractivity (Wildman–Crippen MR) is 112 cm³/mol. The van der Waals surface area contributed by atoms with Crippen LogP contribution in [0.4, 0.5) is 5.69 Å². The van der Waals surface area contributed by atoms with Crippen LogP contribution in [-0.2, 0) is 10.0 Å². The summed E-state index contributed by atoms with van der Waals surface area (Å²) in [5, 5.41) is 10.8. The van der Waals surface area contributed by atoms with Crippen LogP contribution in [0.2, 0.25) is 5.02 Å². The Morgan fingerprint density at radius 3 is 2.18 bits per heavy atom. The van der Waals surface area contributed by atoms with Gasteiger partial charge >= 0.3 is 0 Å². The van der Waals surface area contributed by atoms with Gasteiger partial charge in [-0.3, -0.25) is 0 Å². The third-order valence-corrected chi connectivity index (χ3v) is 5.73. The number of nitrogens with one attached hydrogen (secondary N) is 1. The lowest BCUT2D eigenvalue weighted by Gasteiger charge is -2.18. The Bertz CT molecular complexity index is 1130. The molecule has 0 heterocycles. The topological polar surface area (TPSA) is 90.6 Å². The van der Waals surface area contributed by atoms with E-state index in [0.717, 1.165) is 16.3 Å². The summed E-state index contributed by atoms with van der Waals surface area (Å²) in [6.07, 6.45) is 0. The Hall–Kier alpha value is -2.48. The minimum absolute atomic E-state index is 0.0255. The van der Waals surface area contributed by atoms with E-state index >= 15 is 0 Å². The summed E-state index contributed by atoms with van der Waals surface area (Å²) in [5.41, 5.74) is 1.65. The minimum Gasteiger partial charge on any atom is -0.493 e. The van der Waals surface area contributed by atoms with E-state index in [1.165, 1.54) is 12.1 Å². The van der Waals surface area contributed by atoms with Crippen molar-refractivity contribution in [2.75, 3.05) is 19.5 Å². The summed E-state index contributed by atoms with van der Waals surface area (Å²) in [5.74, 6) is 1.34. The summed E-state index contributed by atoms with van der Waals surface area (Å²) >= 11 is 6.22. The molecule has 0 fully saturated rings. The van der Waals surface area contributed by atoms with Crippen molar-refractivity contribution in [1.29, 1.82) is 0 Å². The molecule has 0 saturated carbocycles. The van der Waals surface area contributed by atoms with Crippen molar-refractivity contribution in [3.05, 3.63) is 59.1 Å². The zero-order valence-electron chi connectivity index (χ0n) is 15.7. The molecule has 3 N–H and O–H groups in total. The van der Waals surface area contributed by atoms with Crippen molar-refractivity contribution in [3.8, 4) is 11.5 Å². The van der Waals surface area contributed by atoms with Gasteiger partial charge in [-0.1, -0.05) is 23.7 Å². The summed E-state index contributed by atoms with van der Waals surface area (Å²) in [4.78, 5) is -0.0255. The molecule has 0 aromatic heterocycles. The lowest BCUT2D eigenvalue weighted by atomic mass is 10.0. The van der Waals surface area contributed by atoms with Crippen molar-refractivity contribution in [1.82, 2.24) is 0 Å². The van der Waals surface area contributed by atoms with E-state index in [0.29, 0.717) is 17.2 Å². The van der Waals surface area contributed by atoms with Gasteiger partial charge in [0, 0.05) is 6.04 Å². The number of sulfonamides is 1. The first-order valence-corrected chi connectivity index (χ1v) is 10.4. The highest BCUT2D eigenvalue weighted by Gasteiger charge is 2.14. The lowest BCUT2D eigenvalue weighted by molar-refractivity contribution is 0.356. The van der Waals surface area contributed by atoms with Crippen molar-refractivity contribution in [3.63, 3.8) is 0 Å². The molecule has 148 valence electrons. The normalized spacial score (nSPS) is 12.6. The average molecular weight is 421 g/mol. The maximum Gasteiger partial charge on any atom is 0.238 e. The number of halogens is 1. The fourth-order valence-electron chi connectivity index (χ4n) is 2.97. The average Bonchev–Trinajstić information content (AvgIpc) is 2.66. The first-order chi connectivity index (χ1) is 13.2. The highest BCUT2D eigenvalue weighted by atomic mass is 35.5. The van der Waals surface area contributed by atoms with Gasteiger partial charge in [-0.05, 0) is 59.7 Å². The summed E-state index contributed by atoms with van der Waals surface area (Å²) in [6.45, 7) is 1.99. The molecular formula is C20H21ClN2O4S. The van der Waals surface area contributed by atoms with Crippen LogP contribution in [0.15, 0.2) is 53.4 Å². The summed E-state index contributed by atoms with van der Waals surface area (Å²) in [6, 6.07) is 14.2. The van der Waals surface area contributed by atoms with Crippen LogP contribution in [-0.4, -0.2) is 22.6 Å². The Kier molecular flexibility index (Phi) is 5.69. The standard InChI is InChI=1S/C20H21ClN2O4S/c1-12(23-18-7-6-16(11-17(18)21)28(22,24)25)13-4-5-14-9-19(26-2)20(27-3)10-15(14)8-13/h4-12,23H,1-3H3,(H2,22,24,25). The lowest BCUT2D eigenvalue weighted by Crippen LogP contribution is -2.12. The molecule has 0 aliphatic heterocycles. The highest BCUT2D eigenvalue weighted by molar-refractivity contribution is 7.89. The van der Waals surface area contributed by atoms with Crippen LogP contribution in [0, 0.1) is 0 Å². The molecular weight excluding hydrogens is 400 g/mol. The third kappa shape index (κ3) is 4.16. The number of fused-ring (bicyclic) bond motifs is 1. The van der Waals surface area contributed by atoms with Crippen LogP contribution in [0.25, 0.3) is 10.8 Å². The Morgan fingerprint density at radius 1 is 0.964 bits per heavy atom. The zero-order chi connectivity index (χ0) is 20.5. The van der Waals surface area contributed by atoms with Gasteiger partial charge in [0.25, 0.3) is 0 Å². The second-order valence-electron chi connectivity index (χ2n) is 6.37. The summed E-state index contributed by atoms with van der Waals surface area (Å²) in [7, 11) is -0.586. The van der Waals surface area contributed by atoms with Crippen molar-refractivity contribution in [2.24, 2.45) is 5.14 Å². The molecule has 3 aromatic rings. The molecule has 1 unspecified atom stereocenters. The van der Waals surface area contributed by atoms with Gasteiger partial charge in [0.2, 0.25) is 10.0 Å². The smallest absolute Gasteiger partial charge is 0.238 e. The Labute approximate surface area is 169 Å². The molecule has 8 heteroatoms. The number of nitrogens with two attached hydrogens (primary N) is 1. The first kappa shape index (κ1) is 20.3. The van der Waals surface area contributed by atoms with Crippen LogP contribution >= 0.6 is 11.6 Å². The van der Waals surface area contributed by atoms with Crippen LogP contribution < -0.4 is 19.9 Å². The third-order valence-electron chi connectivity index (χ3n) is 4.51. The van der Waals surface area contributed by atoms with E-state index in [-0.39, 0.29) is 16.0 Å². The van der Waals surface area contributed by atoms with E-state index in [4.69, 9.17) is 26.2 Å². The number of anilines is 1. The van der Waals surface area contributed by atoms with Crippen molar-refractivity contribution < 1.29 is 17.9 Å². The first-order valence-electron chi connectivity index (χ1n) is 8.47. The molecule has 6 nitrogen and oxygen atoms in total. The monoisotopic (exact) mass is 420 g/mol. The molecule has 3 rings (SSSR count). The number of primary sulfonamides is 1. The molecule has 1 atom stereocenters. The van der Waals surface area contributed by atoms with Crippen LogP contribution in [0.1, 0.15) is 18.5 Å². The van der Waals surface area contributed by atoms with Crippen LogP contribution in [0.5, 0.6) is 11.5 Å². The maximum absolute atomic E-state index is 11.4. The van der Waals surface area contributed by atoms with Crippen LogP contribution in [0.3, 0.4) is 0 Å². The maximum atomic E-state index is 11.4. The summed E-state index contributed by atoms with van der Waals surface area (Å²) < 4.78 is 33.6. The highest BCUT2D eigenvalue weighted by Crippen LogP contribution is 2.34. The number of benzene rings is 3. The number of methoxy groups -OCH3 is 2. The van der Waals surface area contributed by atoms with Gasteiger partial charge in [-0.25, -0.2) is 13.6 Å². The van der Waals surface area contributed by atoms with Crippen molar-refractivity contribution >= 4 is 38.1 Å². The largest absolute Gasteiger partial charge is 0.493 e. The van der Waals surface area contributed by atoms with E-state index < -0.39 is 10.0 Å².